The Bertz CT molecular complexity index is 719. The first-order chi connectivity index (χ1) is 12.1. The van der Waals surface area contributed by atoms with Crippen molar-refractivity contribution in [2.75, 3.05) is 35.7 Å². The lowest BCUT2D eigenvalue weighted by Crippen LogP contribution is -2.45. The zero-order chi connectivity index (χ0) is 17.8. The van der Waals surface area contributed by atoms with E-state index in [1.165, 1.54) is 11.9 Å². The zero-order valence-electron chi connectivity index (χ0n) is 15.0. The number of morpholine rings is 1. The molecule has 132 valence electrons. The van der Waals surface area contributed by atoms with Crippen LogP contribution in [0.5, 0.6) is 0 Å². The second-order valence-corrected chi connectivity index (χ2v) is 6.53. The Kier molecular flexibility index (Phi) is 5.24. The third-order valence-electron chi connectivity index (χ3n) is 4.42. The van der Waals surface area contributed by atoms with Gasteiger partial charge in [0, 0.05) is 54.7 Å². The van der Waals surface area contributed by atoms with Gasteiger partial charge in [0.15, 0.2) is 0 Å². The van der Waals surface area contributed by atoms with Gasteiger partial charge in [-0.25, -0.2) is 0 Å². The van der Waals surface area contributed by atoms with Crippen LogP contribution in [0.15, 0.2) is 42.5 Å². The number of benzene rings is 2. The number of nitrogens with one attached hydrogen (secondary N) is 3. The lowest BCUT2D eigenvalue weighted by atomic mass is 10.1. The maximum Gasteiger partial charge on any atom is 0.0726 e. The molecule has 2 aromatic rings. The van der Waals surface area contributed by atoms with Crippen LogP contribution < -0.4 is 15.5 Å². The molecule has 1 saturated heterocycles. The van der Waals surface area contributed by atoms with Crippen molar-refractivity contribution in [2.45, 2.75) is 26.1 Å². The van der Waals surface area contributed by atoms with Crippen LogP contribution in [0.3, 0.4) is 0 Å². The van der Waals surface area contributed by atoms with Crippen LogP contribution in [-0.4, -0.2) is 38.6 Å². The average Bonchev–Trinajstić information content (AvgIpc) is 2.61. The second-order valence-electron chi connectivity index (χ2n) is 6.53. The minimum atomic E-state index is 0.256. The smallest absolute Gasteiger partial charge is 0.0726 e. The molecule has 3 N–H and O–H groups in total. The Hall–Kier alpha value is -2.53. The summed E-state index contributed by atoms with van der Waals surface area (Å²) in [6.45, 7) is 6.08. The van der Waals surface area contributed by atoms with E-state index < -0.39 is 0 Å². The maximum absolute atomic E-state index is 7.53. The molecule has 5 heteroatoms. The minimum Gasteiger partial charge on any atom is -0.388 e. The van der Waals surface area contributed by atoms with Crippen LogP contribution >= 0.6 is 0 Å². The highest BCUT2D eigenvalue weighted by atomic mass is 16.5. The molecule has 0 amide bonds. The largest absolute Gasteiger partial charge is 0.388 e. The quantitative estimate of drug-likeness (QED) is 0.719. The van der Waals surface area contributed by atoms with Crippen LogP contribution in [0.2, 0.25) is 0 Å². The van der Waals surface area contributed by atoms with E-state index in [4.69, 9.17) is 10.1 Å². The molecule has 0 saturated carbocycles. The predicted octanol–water partition coefficient (Wildman–Crippen LogP) is 4.08. The molecular formula is C20H26N4O. The molecule has 5 nitrogen and oxygen atoms in total. The summed E-state index contributed by atoms with van der Waals surface area (Å²) in [5.74, 6) is 0. The minimum absolute atomic E-state index is 0.256. The van der Waals surface area contributed by atoms with Gasteiger partial charge >= 0.3 is 0 Å². The summed E-state index contributed by atoms with van der Waals surface area (Å²) in [7, 11) is 1.86. The van der Waals surface area contributed by atoms with Gasteiger partial charge in [0.25, 0.3) is 0 Å². The highest BCUT2D eigenvalue weighted by Crippen LogP contribution is 2.25. The van der Waals surface area contributed by atoms with E-state index in [-0.39, 0.29) is 12.2 Å². The number of rotatable bonds is 5. The van der Waals surface area contributed by atoms with Crippen molar-refractivity contribution in [2.24, 2.45) is 0 Å². The SMILES string of the molecule is CNc1ccc(Nc2ccc(N3CC(C)OC(C)C3)cc2)cc1C=N. The average molecular weight is 338 g/mol. The Morgan fingerprint density at radius 1 is 1.04 bits per heavy atom. The molecule has 1 aliphatic heterocycles. The van der Waals surface area contributed by atoms with Crippen molar-refractivity contribution in [1.29, 1.82) is 5.41 Å². The normalized spacial score (nSPS) is 20.2. The van der Waals surface area contributed by atoms with Gasteiger partial charge in [0.1, 0.15) is 0 Å². The summed E-state index contributed by atoms with van der Waals surface area (Å²) in [6, 6.07) is 14.4. The fourth-order valence-electron chi connectivity index (χ4n) is 3.30. The lowest BCUT2D eigenvalue weighted by Gasteiger charge is -2.36. The molecule has 2 aromatic carbocycles. The summed E-state index contributed by atoms with van der Waals surface area (Å²) in [4.78, 5) is 2.37. The van der Waals surface area contributed by atoms with Crippen molar-refractivity contribution < 1.29 is 4.74 Å². The summed E-state index contributed by atoms with van der Waals surface area (Å²) in [5, 5.41) is 14.0. The van der Waals surface area contributed by atoms with Gasteiger partial charge in [-0.3, -0.25) is 0 Å². The molecule has 2 atom stereocenters. The van der Waals surface area contributed by atoms with Crippen LogP contribution in [0.4, 0.5) is 22.7 Å². The van der Waals surface area contributed by atoms with E-state index in [1.807, 2.05) is 25.2 Å². The monoisotopic (exact) mass is 338 g/mol. The van der Waals surface area contributed by atoms with Crippen LogP contribution in [0.25, 0.3) is 0 Å². The van der Waals surface area contributed by atoms with Gasteiger partial charge in [-0.2, -0.15) is 0 Å². The Labute approximate surface area is 149 Å². The summed E-state index contributed by atoms with van der Waals surface area (Å²) in [6.07, 6.45) is 1.87. The number of hydrogen-bond acceptors (Lipinski definition) is 5. The molecule has 1 heterocycles. The highest BCUT2D eigenvalue weighted by Gasteiger charge is 2.22. The van der Waals surface area contributed by atoms with Crippen molar-refractivity contribution in [3.8, 4) is 0 Å². The van der Waals surface area contributed by atoms with Crippen molar-refractivity contribution in [1.82, 2.24) is 0 Å². The molecule has 1 fully saturated rings. The Morgan fingerprint density at radius 2 is 1.68 bits per heavy atom. The standard InChI is InChI=1S/C20H26N4O/c1-14-12-24(13-15(2)25-14)19-7-4-17(5-8-19)23-18-6-9-20(22-3)16(10-18)11-21/h4-11,14-15,21-23H,12-13H2,1-3H3. The van der Waals surface area contributed by atoms with Gasteiger partial charge in [-0.15, -0.1) is 0 Å². The first-order valence-corrected chi connectivity index (χ1v) is 8.69. The number of nitrogens with zero attached hydrogens (tertiary/aromatic N) is 1. The fraction of sp³-hybridized carbons (Fsp3) is 0.350. The maximum atomic E-state index is 7.53. The van der Waals surface area contributed by atoms with Gasteiger partial charge < -0.3 is 25.7 Å². The Balaban J connectivity index is 1.71. The molecule has 0 radical (unpaired) electrons. The first-order valence-electron chi connectivity index (χ1n) is 8.69. The third-order valence-corrected chi connectivity index (χ3v) is 4.42. The highest BCUT2D eigenvalue weighted by molar-refractivity contribution is 5.88. The molecule has 0 spiro atoms. The van der Waals surface area contributed by atoms with E-state index in [9.17, 15) is 0 Å². The van der Waals surface area contributed by atoms with Crippen LogP contribution in [0, 0.1) is 5.41 Å². The molecular weight excluding hydrogens is 312 g/mol. The van der Waals surface area contributed by atoms with Crippen molar-refractivity contribution in [3.63, 3.8) is 0 Å². The summed E-state index contributed by atoms with van der Waals surface area (Å²) < 4.78 is 5.80. The first kappa shape index (κ1) is 17.3. The van der Waals surface area contributed by atoms with Gasteiger partial charge in [0.05, 0.1) is 12.2 Å². The molecule has 0 aliphatic carbocycles. The molecule has 3 rings (SSSR count). The molecule has 0 aromatic heterocycles. The predicted molar refractivity (Wildman–Crippen MR) is 106 cm³/mol. The molecule has 0 bridgehead atoms. The van der Waals surface area contributed by atoms with E-state index >= 15 is 0 Å². The van der Waals surface area contributed by atoms with Crippen LogP contribution in [-0.2, 0) is 4.74 Å². The summed E-state index contributed by atoms with van der Waals surface area (Å²) in [5.41, 5.74) is 5.04. The van der Waals surface area contributed by atoms with Crippen LogP contribution in [0.1, 0.15) is 19.4 Å². The van der Waals surface area contributed by atoms with Gasteiger partial charge in [-0.05, 0) is 56.3 Å². The van der Waals surface area contributed by atoms with E-state index in [0.29, 0.717) is 0 Å². The molecule has 25 heavy (non-hydrogen) atoms. The number of hydrogen-bond donors (Lipinski definition) is 3. The van der Waals surface area contributed by atoms with E-state index in [1.54, 1.807) is 0 Å². The third kappa shape index (κ3) is 4.12. The fourth-order valence-corrected chi connectivity index (χ4v) is 3.30. The number of anilines is 4. The van der Waals surface area contributed by atoms with E-state index in [0.717, 1.165) is 35.7 Å². The Morgan fingerprint density at radius 3 is 2.28 bits per heavy atom. The van der Waals surface area contributed by atoms with Crippen molar-refractivity contribution in [3.05, 3.63) is 48.0 Å². The van der Waals surface area contributed by atoms with Gasteiger partial charge in [-0.1, -0.05) is 0 Å². The molecule has 1 aliphatic rings. The van der Waals surface area contributed by atoms with Gasteiger partial charge in [0.2, 0.25) is 0 Å². The zero-order valence-corrected chi connectivity index (χ0v) is 15.0. The number of ether oxygens (including phenoxy) is 1. The molecule has 2 unspecified atom stereocenters. The second kappa shape index (κ2) is 7.57. The lowest BCUT2D eigenvalue weighted by molar-refractivity contribution is -0.00521. The topological polar surface area (TPSA) is 60.4 Å². The summed E-state index contributed by atoms with van der Waals surface area (Å²) >= 11 is 0. The van der Waals surface area contributed by atoms with Crippen molar-refractivity contribution >= 4 is 29.0 Å². The van der Waals surface area contributed by atoms with E-state index in [2.05, 4.69) is 53.6 Å².